The third-order valence-electron chi connectivity index (χ3n) is 6.04. The fourth-order valence-corrected chi connectivity index (χ4v) is 5.04. The number of fused-ring (bicyclic) bond motifs is 1. The van der Waals surface area contributed by atoms with Gasteiger partial charge in [0.05, 0.1) is 10.6 Å². The van der Waals surface area contributed by atoms with Crippen LogP contribution in [0.1, 0.15) is 41.7 Å². The third-order valence-corrected chi connectivity index (χ3v) is 6.97. The van der Waals surface area contributed by atoms with Crippen molar-refractivity contribution in [1.82, 2.24) is 9.88 Å². The number of nitrogen functional groups attached to an aromatic ring is 1. The number of thiazole rings is 1. The van der Waals surface area contributed by atoms with Gasteiger partial charge in [-0.3, -0.25) is 9.79 Å². The SMILES string of the molecule is Cc1cccc(-c2sc(N)nc2C(=O)N(CCC2=CN=C3CC=CC(F)=C23)CC2CC2)c1. The average molecular weight is 449 g/mol. The molecule has 0 saturated heterocycles. The van der Waals surface area contributed by atoms with E-state index in [0.717, 1.165) is 40.1 Å². The smallest absolute Gasteiger partial charge is 0.274 e. The molecule has 1 aliphatic heterocycles. The molecule has 1 aromatic heterocycles. The van der Waals surface area contributed by atoms with Gasteiger partial charge >= 0.3 is 0 Å². The van der Waals surface area contributed by atoms with Crippen LogP contribution in [0, 0.1) is 12.8 Å². The molecule has 1 fully saturated rings. The predicted octanol–water partition coefficient (Wildman–Crippen LogP) is 5.47. The molecule has 0 atom stereocenters. The van der Waals surface area contributed by atoms with Gasteiger partial charge in [0.25, 0.3) is 5.91 Å². The van der Waals surface area contributed by atoms with Crippen LogP contribution in [0.2, 0.25) is 0 Å². The highest BCUT2D eigenvalue weighted by atomic mass is 32.1. The summed E-state index contributed by atoms with van der Waals surface area (Å²) >= 11 is 1.34. The summed E-state index contributed by atoms with van der Waals surface area (Å²) in [6.07, 6.45) is 8.51. The fourth-order valence-electron chi connectivity index (χ4n) is 4.22. The van der Waals surface area contributed by atoms with Gasteiger partial charge < -0.3 is 10.6 Å². The molecule has 32 heavy (non-hydrogen) atoms. The summed E-state index contributed by atoms with van der Waals surface area (Å²) in [5.74, 6) is 0.169. The Kier molecular flexibility index (Phi) is 5.51. The van der Waals surface area contributed by atoms with Gasteiger partial charge in [0.15, 0.2) is 5.13 Å². The molecular formula is C25H25FN4OS. The molecule has 2 heterocycles. The van der Waals surface area contributed by atoms with Crippen molar-refractivity contribution in [2.45, 2.75) is 32.6 Å². The summed E-state index contributed by atoms with van der Waals surface area (Å²) in [5, 5.41) is 0.383. The Morgan fingerprint density at radius 3 is 2.97 bits per heavy atom. The first-order valence-corrected chi connectivity index (χ1v) is 11.8. The zero-order valence-electron chi connectivity index (χ0n) is 18.0. The molecule has 7 heteroatoms. The fraction of sp³-hybridized carbons (Fsp3) is 0.320. The topological polar surface area (TPSA) is 71.6 Å². The number of carbonyl (C=O) groups is 1. The molecule has 0 unspecified atom stereocenters. The summed E-state index contributed by atoms with van der Waals surface area (Å²) in [5.41, 5.74) is 10.7. The van der Waals surface area contributed by atoms with Gasteiger partial charge in [-0.1, -0.05) is 47.2 Å². The molecule has 2 N–H and O–H groups in total. The zero-order valence-corrected chi connectivity index (χ0v) is 18.8. The van der Waals surface area contributed by atoms with Crippen LogP contribution in [-0.4, -0.2) is 34.6 Å². The first-order valence-electron chi connectivity index (χ1n) is 10.9. The molecule has 164 valence electrons. The summed E-state index contributed by atoms with van der Waals surface area (Å²) in [6, 6.07) is 8.02. The van der Waals surface area contributed by atoms with E-state index in [-0.39, 0.29) is 11.7 Å². The highest BCUT2D eigenvalue weighted by Gasteiger charge is 2.31. The van der Waals surface area contributed by atoms with E-state index < -0.39 is 0 Å². The van der Waals surface area contributed by atoms with Gasteiger partial charge in [-0.25, -0.2) is 9.37 Å². The molecule has 2 aromatic rings. The number of halogens is 1. The second kappa shape index (κ2) is 8.47. The summed E-state index contributed by atoms with van der Waals surface area (Å²) in [7, 11) is 0. The third kappa shape index (κ3) is 4.17. The maximum atomic E-state index is 14.4. The molecule has 5 nitrogen and oxygen atoms in total. The van der Waals surface area contributed by atoms with Crippen LogP contribution >= 0.6 is 11.3 Å². The highest BCUT2D eigenvalue weighted by Crippen LogP contribution is 2.36. The molecule has 5 rings (SSSR count). The normalized spacial score (nSPS) is 17.3. The lowest BCUT2D eigenvalue weighted by molar-refractivity contribution is 0.0745. The molecule has 1 aromatic carbocycles. The predicted molar refractivity (Wildman–Crippen MR) is 127 cm³/mol. The number of hydrogen-bond acceptors (Lipinski definition) is 5. The molecule has 0 radical (unpaired) electrons. The molecule has 1 saturated carbocycles. The summed E-state index contributed by atoms with van der Waals surface area (Å²) in [4.78, 5) is 25.1. The second-order valence-corrected chi connectivity index (χ2v) is 9.63. The number of aliphatic imine (C=N–C) groups is 1. The van der Waals surface area contributed by atoms with Crippen molar-refractivity contribution in [1.29, 1.82) is 0 Å². The van der Waals surface area contributed by atoms with E-state index in [2.05, 4.69) is 9.98 Å². The van der Waals surface area contributed by atoms with Crippen LogP contribution in [0.15, 0.2) is 64.6 Å². The minimum absolute atomic E-state index is 0.112. The van der Waals surface area contributed by atoms with E-state index in [0.29, 0.717) is 48.2 Å². The van der Waals surface area contributed by atoms with Crippen LogP contribution in [-0.2, 0) is 0 Å². The Morgan fingerprint density at radius 2 is 2.19 bits per heavy atom. The highest BCUT2D eigenvalue weighted by molar-refractivity contribution is 7.19. The number of nitrogens with two attached hydrogens (primary N) is 1. The Balaban J connectivity index is 1.39. The van der Waals surface area contributed by atoms with Crippen LogP contribution in [0.25, 0.3) is 10.4 Å². The van der Waals surface area contributed by atoms with E-state index in [1.54, 1.807) is 12.3 Å². The minimum atomic E-state index is -0.243. The number of rotatable bonds is 7. The van der Waals surface area contributed by atoms with Crippen LogP contribution in [0.4, 0.5) is 9.52 Å². The molecule has 3 aliphatic rings. The van der Waals surface area contributed by atoms with E-state index in [9.17, 15) is 9.18 Å². The van der Waals surface area contributed by atoms with Crippen molar-refractivity contribution in [3.63, 3.8) is 0 Å². The second-order valence-electron chi connectivity index (χ2n) is 8.60. The largest absolute Gasteiger partial charge is 0.375 e. The number of aromatic nitrogens is 1. The lowest BCUT2D eigenvalue weighted by atomic mass is 9.95. The van der Waals surface area contributed by atoms with Crippen molar-refractivity contribution in [2.24, 2.45) is 10.9 Å². The number of allylic oxidation sites excluding steroid dienone is 4. The first kappa shape index (κ1) is 20.8. The molecule has 2 aliphatic carbocycles. The number of amides is 1. The van der Waals surface area contributed by atoms with Gasteiger partial charge in [0.1, 0.15) is 11.5 Å². The molecule has 0 spiro atoms. The number of carbonyl (C=O) groups excluding carboxylic acids is 1. The van der Waals surface area contributed by atoms with Crippen molar-refractivity contribution >= 4 is 28.1 Å². The van der Waals surface area contributed by atoms with Crippen LogP contribution in [0.5, 0.6) is 0 Å². The monoisotopic (exact) mass is 448 g/mol. The number of aryl methyl sites for hydroxylation is 1. The molecular weight excluding hydrogens is 423 g/mol. The summed E-state index contributed by atoms with van der Waals surface area (Å²) in [6.45, 7) is 3.20. The van der Waals surface area contributed by atoms with Crippen LogP contribution < -0.4 is 5.73 Å². The van der Waals surface area contributed by atoms with Crippen LogP contribution in [0.3, 0.4) is 0 Å². The van der Waals surface area contributed by atoms with Gasteiger partial charge in [-0.15, -0.1) is 0 Å². The zero-order chi connectivity index (χ0) is 22.2. The van der Waals surface area contributed by atoms with Gasteiger partial charge in [0, 0.05) is 31.3 Å². The van der Waals surface area contributed by atoms with Gasteiger partial charge in [-0.05, 0) is 49.3 Å². The number of hydrogen-bond donors (Lipinski definition) is 1. The first-order chi connectivity index (χ1) is 15.5. The van der Waals surface area contributed by atoms with E-state index in [1.807, 2.05) is 36.1 Å². The Hall–Kier alpha value is -3.06. The molecule has 1 amide bonds. The van der Waals surface area contributed by atoms with Crippen molar-refractivity contribution in [3.05, 3.63) is 70.8 Å². The number of anilines is 1. The van der Waals surface area contributed by atoms with Gasteiger partial charge in [-0.2, -0.15) is 0 Å². The quantitative estimate of drug-likeness (QED) is 0.611. The lowest BCUT2D eigenvalue weighted by Crippen LogP contribution is -2.34. The lowest BCUT2D eigenvalue weighted by Gasteiger charge is -2.23. The number of nitrogens with zero attached hydrogens (tertiary/aromatic N) is 3. The van der Waals surface area contributed by atoms with E-state index in [4.69, 9.17) is 5.73 Å². The minimum Gasteiger partial charge on any atom is -0.375 e. The summed E-state index contributed by atoms with van der Waals surface area (Å²) < 4.78 is 14.4. The van der Waals surface area contributed by atoms with E-state index >= 15 is 0 Å². The van der Waals surface area contributed by atoms with Crippen molar-refractivity contribution in [2.75, 3.05) is 18.8 Å². The Labute approximate surface area is 190 Å². The Bertz CT molecular complexity index is 1200. The van der Waals surface area contributed by atoms with Crippen molar-refractivity contribution in [3.8, 4) is 10.4 Å². The molecule has 0 bridgehead atoms. The Morgan fingerprint density at radius 1 is 1.34 bits per heavy atom. The maximum Gasteiger partial charge on any atom is 0.274 e. The maximum absolute atomic E-state index is 14.4. The van der Waals surface area contributed by atoms with Crippen molar-refractivity contribution < 1.29 is 9.18 Å². The number of benzene rings is 1. The standard InChI is InChI=1S/C25H25FN4OS/c1-15-4-2-5-17(12-15)23-22(29-25(27)32-23)24(31)30(14-16-8-9-16)11-10-18-13-28-20-7-3-6-19(26)21(18)20/h2-6,12-13,16H,7-11,14H2,1H3,(H2,27,29). The average Bonchev–Trinajstić information content (AvgIpc) is 3.36. The van der Waals surface area contributed by atoms with Gasteiger partial charge in [0.2, 0.25) is 0 Å². The van der Waals surface area contributed by atoms with E-state index in [1.165, 1.54) is 17.4 Å².